The highest BCUT2D eigenvalue weighted by atomic mass is 16.6. The van der Waals surface area contributed by atoms with Crippen LogP contribution in [0, 0.1) is 4.91 Å². The number of nitrogens with zero attached hydrogens (tertiary/aromatic N) is 2. The van der Waals surface area contributed by atoms with Crippen LogP contribution in [0.5, 0.6) is 0 Å². The Morgan fingerprint density at radius 1 is 1.37 bits per heavy atom. The predicted molar refractivity (Wildman–Crippen MR) is 101 cm³/mol. The van der Waals surface area contributed by atoms with Gasteiger partial charge in [0.1, 0.15) is 11.7 Å². The van der Waals surface area contributed by atoms with Crippen molar-refractivity contribution < 1.29 is 13.9 Å². The molecule has 0 aliphatic heterocycles. The monoisotopic (exact) mass is 365 g/mol. The second-order valence-corrected chi connectivity index (χ2v) is 6.83. The van der Waals surface area contributed by atoms with Crippen LogP contribution in [0.25, 0.3) is 11.0 Å². The summed E-state index contributed by atoms with van der Waals surface area (Å²) in [7, 11) is 0. The van der Waals surface area contributed by atoms with E-state index in [-0.39, 0.29) is 17.9 Å². The minimum atomic E-state index is -0.532. The predicted octanol–water partition coefficient (Wildman–Crippen LogP) is 4.89. The number of furan rings is 1. The van der Waals surface area contributed by atoms with Gasteiger partial charge in [-0.3, -0.25) is 4.98 Å². The lowest BCUT2D eigenvalue weighted by molar-refractivity contribution is 0.0345. The molecule has 3 aromatic rings. The summed E-state index contributed by atoms with van der Waals surface area (Å²) >= 11 is 0. The molecule has 0 radical (unpaired) electrons. The zero-order chi connectivity index (χ0) is 19.0. The summed E-state index contributed by atoms with van der Waals surface area (Å²) in [5.74, 6) is -0.422. The van der Waals surface area contributed by atoms with Crippen molar-refractivity contribution in [2.24, 2.45) is 5.18 Å². The average molecular weight is 365 g/mol. The maximum atomic E-state index is 12.5. The smallest absolute Gasteiger partial charge is 0.376 e. The molecule has 0 bridgehead atoms. The first-order valence-corrected chi connectivity index (χ1v) is 8.86. The van der Waals surface area contributed by atoms with Crippen molar-refractivity contribution in [2.75, 3.05) is 5.32 Å². The summed E-state index contributed by atoms with van der Waals surface area (Å²) in [6, 6.07) is 7.28. The first-order chi connectivity index (χ1) is 13.1. The summed E-state index contributed by atoms with van der Waals surface area (Å²) in [6.45, 7) is 3.57. The molecule has 2 aromatic heterocycles. The first-order valence-electron chi connectivity index (χ1n) is 8.86. The molecule has 1 N–H and O–H groups in total. The van der Waals surface area contributed by atoms with Gasteiger partial charge in [0, 0.05) is 17.3 Å². The number of hydrogen-bond acceptors (Lipinski definition) is 7. The first kappa shape index (κ1) is 17.2. The number of benzene rings is 1. The number of pyridine rings is 1. The van der Waals surface area contributed by atoms with Crippen molar-refractivity contribution in [1.82, 2.24) is 4.98 Å². The molecule has 7 nitrogen and oxygen atoms in total. The Kier molecular flexibility index (Phi) is 4.35. The van der Waals surface area contributed by atoms with Crippen molar-refractivity contribution in [2.45, 2.75) is 38.8 Å². The highest BCUT2D eigenvalue weighted by molar-refractivity contribution is 6.05. The zero-order valence-electron chi connectivity index (χ0n) is 15.1. The fourth-order valence-electron chi connectivity index (χ4n) is 3.41. The third-order valence-corrected chi connectivity index (χ3v) is 4.61. The topological polar surface area (TPSA) is 93.8 Å². The number of anilines is 2. The number of carbonyl (C=O) groups excluding carboxylic acids is 1. The van der Waals surface area contributed by atoms with E-state index >= 15 is 0 Å². The second-order valence-electron chi connectivity index (χ2n) is 6.83. The molecular weight excluding hydrogens is 346 g/mol. The number of aromatic nitrogens is 1. The minimum Gasteiger partial charge on any atom is -0.457 e. The van der Waals surface area contributed by atoms with Crippen molar-refractivity contribution in [1.29, 1.82) is 0 Å². The SMILES string of the molecule is CC(C)OC(=O)c1oc2cnccc2c1Nc1ccc2c(c1)CCC2N=O. The lowest BCUT2D eigenvalue weighted by atomic mass is 10.1. The second kappa shape index (κ2) is 6.83. The Hall–Kier alpha value is -3.22. The molecule has 2 heterocycles. The largest absolute Gasteiger partial charge is 0.457 e. The Balaban J connectivity index is 1.73. The number of fused-ring (bicyclic) bond motifs is 2. The summed E-state index contributed by atoms with van der Waals surface area (Å²) < 4.78 is 11.0. The summed E-state index contributed by atoms with van der Waals surface area (Å²) in [6.07, 6.45) is 4.48. The number of aryl methyl sites for hydroxylation is 1. The Morgan fingerprint density at radius 2 is 2.22 bits per heavy atom. The summed E-state index contributed by atoms with van der Waals surface area (Å²) in [5.41, 5.74) is 3.91. The number of esters is 1. The molecule has 1 unspecified atom stereocenters. The van der Waals surface area contributed by atoms with Crippen LogP contribution >= 0.6 is 0 Å². The van der Waals surface area contributed by atoms with Crippen LogP contribution in [-0.4, -0.2) is 17.1 Å². The molecule has 27 heavy (non-hydrogen) atoms. The van der Waals surface area contributed by atoms with Gasteiger partial charge in [0.05, 0.1) is 12.3 Å². The van der Waals surface area contributed by atoms with E-state index in [2.05, 4.69) is 15.5 Å². The van der Waals surface area contributed by atoms with Crippen molar-refractivity contribution >= 4 is 28.3 Å². The molecule has 0 saturated heterocycles. The molecule has 0 amide bonds. The Morgan fingerprint density at radius 3 is 3.00 bits per heavy atom. The van der Waals surface area contributed by atoms with Crippen molar-refractivity contribution in [3.05, 3.63) is 58.5 Å². The standard InChI is InChI=1S/C20H19N3O4/c1-11(2)26-20(24)19-18(15-7-8-21-10-17(15)27-19)22-13-4-5-14-12(9-13)3-6-16(14)23-25/h4-5,7-11,16,22H,3,6H2,1-2H3. The van der Waals surface area contributed by atoms with Gasteiger partial charge in [-0.1, -0.05) is 11.2 Å². The average Bonchev–Trinajstić information content (AvgIpc) is 3.22. The number of ether oxygens (including phenoxy) is 1. The van der Waals surface area contributed by atoms with Gasteiger partial charge >= 0.3 is 5.97 Å². The van der Waals surface area contributed by atoms with E-state index in [1.165, 1.54) is 0 Å². The zero-order valence-corrected chi connectivity index (χ0v) is 15.1. The van der Waals surface area contributed by atoms with Gasteiger partial charge in [-0.05, 0) is 56.0 Å². The number of hydrogen-bond donors (Lipinski definition) is 1. The number of carbonyl (C=O) groups is 1. The molecule has 1 atom stereocenters. The Bertz CT molecular complexity index is 1030. The van der Waals surface area contributed by atoms with Crippen molar-refractivity contribution in [3.8, 4) is 0 Å². The summed E-state index contributed by atoms with van der Waals surface area (Å²) in [5, 5.41) is 7.21. The van der Waals surface area contributed by atoms with Crippen molar-refractivity contribution in [3.63, 3.8) is 0 Å². The van der Waals surface area contributed by atoms with Gasteiger partial charge in [-0.15, -0.1) is 0 Å². The van der Waals surface area contributed by atoms with Gasteiger partial charge in [0.25, 0.3) is 0 Å². The van der Waals surface area contributed by atoms with E-state index in [0.717, 1.165) is 35.0 Å². The van der Waals surface area contributed by atoms with Crippen LogP contribution in [0.4, 0.5) is 11.4 Å². The lowest BCUT2D eigenvalue weighted by Crippen LogP contribution is -2.12. The van der Waals surface area contributed by atoms with Crippen LogP contribution in [0.3, 0.4) is 0 Å². The molecule has 1 aliphatic carbocycles. The van der Waals surface area contributed by atoms with Crippen LogP contribution in [0.15, 0.2) is 46.3 Å². The van der Waals surface area contributed by atoms with E-state index in [0.29, 0.717) is 11.3 Å². The molecule has 1 aromatic carbocycles. The van der Waals surface area contributed by atoms with E-state index < -0.39 is 5.97 Å². The lowest BCUT2D eigenvalue weighted by Gasteiger charge is -2.11. The number of rotatable bonds is 5. The summed E-state index contributed by atoms with van der Waals surface area (Å²) in [4.78, 5) is 27.5. The molecule has 0 saturated carbocycles. The third kappa shape index (κ3) is 3.16. The fraction of sp³-hybridized carbons (Fsp3) is 0.300. The van der Waals surface area contributed by atoms with Crippen LogP contribution < -0.4 is 5.32 Å². The highest BCUT2D eigenvalue weighted by Gasteiger charge is 2.25. The molecule has 1 aliphatic rings. The normalized spacial score (nSPS) is 15.7. The molecule has 0 spiro atoms. The van der Waals surface area contributed by atoms with E-state index in [1.54, 1.807) is 32.3 Å². The number of nitroso groups, excluding NO2 is 1. The van der Waals surface area contributed by atoms with Gasteiger partial charge < -0.3 is 14.5 Å². The van der Waals surface area contributed by atoms with Gasteiger partial charge in [0.15, 0.2) is 5.58 Å². The quantitative estimate of drug-likeness (QED) is 0.511. The Labute approximate surface area is 155 Å². The molecular formula is C20H19N3O4. The molecule has 4 rings (SSSR count). The number of nitrogens with one attached hydrogen (secondary N) is 1. The maximum Gasteiger partial charge on any atom is 0.376 e. The van der Waals surface area contributed by atoms with Crippen LogP contribution in [0.2, 0.25) is 0 Å². The van der Waals surface area contributed by atoms with Crippen LogP contribution in [-0.2, 0) is 11.2 Å². The van der Waals surface area contributed by atoms with E-state index in [1.807, 2.05) is 18.2 Å². The fourth-order valence-corrected chi connectivity index (χ4v) is 3.41. The molecule has 138 valence electrons. The van der Waals surface area contributed by atoms with Crippen LogP contribution in [0.1, 0.15) is 48.0 Å². The molecule has 7 heteroatoms. The highest BCUT2D eigenvalue weighted by Crippen LogP contribution is 2.38. The van der Waals surface area contributed by atoms with Gasteiger partial charge in [0.2, 0.25) is 5.76 Å². The van der Waals surface area contributed by atoms with Gasteiger partial charge in [-0.25, -0.2) is 4.79 Å². The molecule has 0 fully saturated rings. The van der Waals surface area contributed by atoms with E-state index in [4.69, 9.17) is 9.15 Å². The third-order valence-electron chi connectivity index (χ3n) is 4.61. The van der Waals surface area contributed by atoms with E-state index in [9.17, 15) is 9.70 Å². The minimum absolute atomic E-state index is 0.111. The maximum absolute atomic E-state index is 12.5. The van der Waals surface area contributed by atoms with Gasteiger partial charge in [-0.2, -0.15) is 4.91 Å².